The minimum atomic E-state index is -0.104. The Bertz CT molecular complexity index is 856. The number of amides is 1. The maximum absolute atomic E-state index is 12.6. The first-order chi connectivity index (χ1) is 14.0. The predicted molar refractivity (Wildman–Crippen MR) is 114 cm³/mol. The lowest BCUT2D eigenvalue weighted by atomic mass is 10.1. The summed E-state index contributed by atoms with van der Waals surface area (Å²) in [5, 5.41) is 2.97. The van der Waals surface area contributed by atoms with Crippen LogP contribution in [0, 0.1) is 20.8 Å². The fourth-order valence-corrected chi connectivity index (χ4v) is 3.55. The van der Waals surface area contributed by atoms with Crippen LogP contribution in [0.25, 0.3) is 0 Å². The highest BCUT2D eigenvalue weighted by Crippen LogP contribution is 2.27. The highest BCUT2D eigenvalue weighted by Gasteiger charge is 2.17. The van der Waals surface area contributed by atoms with Gasteiger partial charge in [-0.2, -0.15) is 0 Å². The summed E-state index contributed by atoms with van der Waals surface area (Å²) in [6, 6.07) is 9.68. The number of nitrogens with one attached hydrogen (secondary N) is 1. The van der Waals surface area contributed by atoms with Crippen molar-refractivity contribution in [3.8, 4) is 11.5 Å². The molecule has 0 radical (unpaired) electrons. The molecule has 1 unspecified atom stereocenters. The van der Waals surface area contributed by atoms with Crippen molar-refractivity contribution in [1.29, 1.82) is 0 Å². The van der Waals surface area contributed by atoms with Crippen LogP contribution in [0.4, 0.5) is 0 Å². The fraction of sp³-hybridized carbons (Fsp3) is 0.458. The monoisotopic (exact) mass is 397 g/mol. The van der Waals surface area contributed by atoms with Gasteiger partial charge in [0.05, 0.1) is 12.7 Å². The van der Waals surface area contributed by atoms with Crippen LogP contribution < -0.4 is 14.8 Å². The normalized spacial score (nSPS) is 15.9. The maximum Gasteiger partial charge on any atom is 0.251 e. The van der Waals surface area contributed by atoms with Gasteiger partial charge in [0.2, 0.25) is 0 Å². The van der Waals surface area contributed by atoms with Crippen LogP contribution in [-0.4, -0.2) is 31.8 Å². The maximum atomic E-state index is 12.6. The van der Waals surface area contributed by atoms with Crippen molar-refractivity contribution >= 4 is 5.91 Å². The van der Waals surface area contributed by atoms with Gasteiger partial charge in [-0.3, -0.25) is 4.79 Å². The van der Waals surface area contributed by atoms with E-state index >= 15 is 0 Å². The van der Waals surface area contributed by atoms with Crippen LogP contribution in [-0.2, 0) is 11.3 Å². The summed E-state index contributed by atoms with van der Waals surface area (Å²) >= 11 is 0. The summed E-state index contributed by atoms with van der Waals surface area (Å²) in [7, 11) is 0. The third-order valence-electron chi connectivity index (χ3n) is 5.28. The van der Waals surface area contributed by atoms with Gasteiger partial charge in [0.15, 0.2) is 0 Å². The van der Waals surface area contributed by atoms with Gasteiger partial charge in [-0.1, -0.05) is 6.07 Å². The van der Waals surface area contributed by atoms with E-state index in [0.29, 0.717) is 25.3 Å². The largest absolute Gasteiger partial charge is 0.493 e. The van der Waals surface area contributed by atoms with Crippen molar-refractivity contribution in [2.75, 3.05) is 19.8 Å². The van der Waals surface area contributed by atoms with Gasteiger partial charge in [0.25, 0.3) is 5.91 Å². The molecule has 0 aliphatic carbocycles. The third kappa shape index (κ3) is 5.51. The molecular weight excluding hydrogens is 366 g/mol. The van der Waals surface area contributed by atoms with Crippen molar-refractivity contribution in [3.63, 3.8) is 0 Å². The van der Waals surface area contributed by atoms with Gasteiger partial charge in [0.1, 0.15) is 18.1 Å². The number of carbonyl (C=O) groups is 1. The first-order valence-electron chi connectivity index (χ1n) is 10.3. The van der Waals surface area contributed by atoms with E-state index in [1.807, 2.05) is 25.1 Å². The van der Waals surface area contributed by atoms with Crippen LogP contribution >= 0.6 is 0 Å². The second-order valence-electron chi connectivity index (χ2n) is 7.59. The molecule has 0 bridgehead atoms. The molecule has 1 aliphatic heterocycles. The van der Waals surface area contributed by atoms with Gasteiger partial charge in [-0.05, 0) is 81.5 Å². The van der Waals surface area contributed by atoms with Gasteiger partial charge in [0, 0.05) is 24.3 Å². The van der Waals surface area contributed by atoms with E-state index in [2.05, 4.69) is 32.2 Å². The smallest absolute Gasteiger partial charge is 0.251 e. The molecule has 0 saturated carbocycles. The molecular formula is C24H31NO4. The van der Waals surface area contributed by atoms with Crippen molar-refractivity contribution in [3.05, 3.63) is 58.1 Å². The van der Waals surface area contributed by atoms with Gasteiger partial charge in [-0.15, -0.1) is 0 Å². The van der Waals surface area contributed by atoms with Crippen LogP contribution in [0.1, 0.15) is 52.4 Å². The Morgan fingerprint density at radius 1 is 1.14 bits per heavy atom. The summed E-state index contributed by atoms with van der Waals surface area (Å²) < 4.78 is 17.4. The van der Waals surface area contributed by atoms with Crippen molar-refractivity contribution < 1.29 is 19.0 Å². The van der Waals surface area contributed by atoms with Crippen LogP contribution in [0.15, 0.2) is 30.3 Å². The van der Waals surface area contributed by atoms with E-state index in [4.69, 9.17) is 14.2 Å². The molecule has 1 fully saturated rings. The molecule has 1 saturated heterocycles. The van der Waals surface area contributed by atoms with E-state index in [1.54, 1.807) is 6.07 Å². The Labute approximate surface area is 173 Å². The van der Waals surface area contributed by atoms with Crippen LogP contribution in [0.3, 0.4) is 0 Å². The zero-order chi connectivity index (χ0) is 20.8. The van der Waals surface area contributed by atoms with Crippen molar-refractivity contribution in [2.45, 2.75) is 53.2 Å². The molecule has 1 amide bonds. The second-order valence-corrected chi connectivity index (χ2v) is 7.59. The Morgan fingerprint density at radius 2 is 1.97 bits per heavy atom. The van der Waals surface area contributed by atoms with Gasteiger partial charge < -0.3 is 19.5 Å². The molecule has 5 nitrogen and oxygen atoms in total. The van der Waals surface area contributed by atoms with Crippen LogP contribution in [0.2, 0.25) is 0 Å². The number of hydrogen-bond donors (Lipinski definition) is 1. The highest BCUT2D eigenvalue weighted by molar-refractivity contribution is 5.94. The third-order valence-corrected chi connectivity index (χ3v) is 5.28. The summed E-state index contributed by atoms with van der Waals surface area (Å²) in [5.41, 5.74) is 4.94. The molecule has 3 rings (SSSR count). The second kappa shape index (κ2) is 9.79. The quantitative estimate of drug-likeness (QED) is 0.713. The number of aryl methyl sites for hydroxylation is 2. The van der Waals surface area contributed by atoms with Crippen molar-refractivity contribution in [1.82, 2.24) is 5.32 Å². The number of hydrogen-bond acceptors (Lipinski definition) is 4. The molecule has 2 aromatic rings. The summed E-state index contributed by atoms with van der Waals surface area (Å²) in [4.78, 5) is 12.6. The zero-order valence-corrected chi connectivity index (χ0v) is 17.8. The number of rotatable bonds is 8. The highest BCUT2D eigenvalue weighted by atomic mass is 16.5. The molecule has 0 aromatic heterocycles. The topological polar surface area (TPSA) is 56.8 Å². The van der Waals surface area contributed by atoms with E-state index in [0.717, 1.165) is 47.6 Å². The molecule has 1 N–H and O–H groups in total. The summed E-state index contributed by atoms with van der Waals surface area (Å²) in [5.74, 6) is 1.50. The number of carbonyl (C=O) groups excluding carboxylic acids is 1. The van der Waals surface area contributed by atoms with Crippen LogP contribution in [0.5, 0.6) is 11.5 Å². The summed E-state index contributed by atoms with van der Waals surface area (Å²) in [6.45, 7) is 10.4. The molecule has 0 spiro atoms. The number of benzene rings is 2. The molecule has 156 valence electrons. The Morgan fingerprint density at radius 3 is 2.69 bits per heavy atom. The average molecular weight is 398 g/mol. The van der Waals surface area contributed by atoms with Gasteiger partial charge in [-0.25, -0.2) is 0 Å². The number of ether oxygens (including phenoxy) is 3. The first-order valence-corrected chi connectivity index (χ1v) is 10.3. The molecule has 1 aliphatic rings. The minimum absolute atomic E-state index is 0.104. The van der Waals surface area contributed by atoms with E-state index < -0.39 is 0 Å². The molecule has 5 heteroatoms. The predicted octanol–water partition coefficient (Wildman–Crippen LogP) is 4.50. The average Bonchev–Trinajstić information content (AvgIpc) is 3.22. The van der Waals surface area contributed by atoms with E-state index in [9.17, 15) is 4.79 Å². The molecule has 1 atom stereocenters. The Kier molecular flexibility index (Phi) is 7.15. The van der Waals surface area contributed by atoms with E-state index in [1.165, 1.54) is 5.56 Å². The lowest BCUT2D eigenvalue weighted by molar-refractivity contribution is 0.0857. The van der Waals surface area contributed by atoms with Crippen molar-refractivity contribution in [2.24, 2.45) is 0 Å². The van der Waals surface area contributed by atoms with Gasteiger partial charge >= 0.3 is 0 Å². The minimum Gasteiger partial charge on any atom is -0.493 e. The molecule has 1 heterocycles. The van der Waals surface area contributed by atoms with E-state index in [-0.39, 0.29) is 12.0 Å². The zero-order valence-electron chi connectivity index (χ0n) is 17.8. The molecule has 29 heavy (non-hydrogen) atoms. The molecule has 2 aromatic carbocycles. The Balaban J connectivity index is 1.73. The first kappa shape index (κ1) is 21.2. The summed E-state index contributed by atoms with van der Waals surface area (Å²) in [6.07, 6.45) is 2.18. The Hall–Kier alpha value is -2.53. The standard InChI is InChI=1S/C24H31NO4/c1-5-27-22-9-8-19(24(26)25-14-21-7-6-10-28-21)13-20(22)15-29-23-12-16(2)11-17(3)18(23)4/h8-9,11-13,21H,5-7,10,14-15H2,1-4H3,(H,25,26). The lowest BCUT2D eigenvalue weighted by Gasteiger charge is -2.16. The lowest BCUT2D eigenvalue weighted by Crippen LogP contribution is -2.31. The SMILES string of the molecule is CCOc1ccc(C(=O)NCC2CCCO2)cc1COc1cc(C)cc(C)c1C. The fourth-order valence-electron chi connectivity index (χ4n) is 3.55.